The van der Waals surface area contributed by atoms with Gasteiger partial charge in [-0.1, -0.05) is 30.3 Å². The first-order valence-electron chi connectivity index (χ1n) is 8.80. The van der Waals surface area contributed by atoms with Gasteiger partial charge in [-0.3, -0.25) is 19.3 Å². The minimum atomic E-state index is -0.681. The normalized spacial score (nSPS) is 21.6. The summed E-state index contributed by atoms with van der Waals surface area (Å²) in [6.45, 7) is 0.636. The lowest BCUT2D eigenvalue weighted by molar-refractivity contribution is -0.149. The summed E-state index contributed by atoms with van der Waals surface area (Å²) in [4.78, 5) is 50.3. The van der Waals surface area contributed by atoms with Gasteiger partial charge in [0.15, 0.2) is 0 Å². The zero-order valence-corrected chi connectivity index (χ0v) is 14.8. The van der Waals surface area contributed by atoms with E-state index in [1.54, 1.807) is 0 Å². The number of primary amides is 1. The van der Waals surface area contributed by atoms with E-state index in [9.17, 15) is 19.2 Å². The lowest BCUT2D eigenvalue weighted by Crippen LogP contribution is -2.66. The second kappa shape index (κ2) is 8.07. The largest absolute Gasteiger partial charge is 0.445 e. The molecule has 3 N–H and O–H groups in total. The van der Waals surface area contributed by atoms with Crippen LogP contribution in [0.2, 0.25) is 0 Å². The summed E-state index contributed by atoms with van der Waals surface area (Å²) < 4.78 is 5.30. The van der Waals surface area contributed by atoms with Crippen molar-refractivity contribution in [3.05, 3.63) is 35.9 Å². The number of hydrogen-bond donors (Lipinski definition) is 2. The van der Waals surface area contributed by atoms with Gasteiger partial charge in [-0.05, 0) is 18.4 Å². The molecule has 3 rings (SSSR count). The Labute approximate surface area is 156 Å². The molecule has 2 aliphatic heterocycles. The Kier molecular flexibility index (Phi) is 5.58. The molecule has 0 bridgehead atoms. The highest BCUT2D eigenvalue weighted by atomic mass is 16.6. The van der Waals surface area contributed by atoms with E-state index in [4.69, 9.17) is 10.5 Å². The van der Waals surface area contributed by atoms with Crippen LogP contribution in [-0.4, -0.2) is 65.3 Å². The van der Waals surface area contributed by atoms with Gasteiger partial charge < -0.3 is 20.7 Å². The van der Waals surface area contributed by atoms with Crippen LogP contribution >= 0.6 is 0 Å². The fourth-order valence-electron chi connectivity index (χ4n) is 3.26. The predicted molar refractivity (Wildman–Crippen MR) is 94.1 cm³/mol. The Balaban J connectivity index is 1.50. The molecule has 2 fully saturated rings. The first-order valence-corrected chi connectivity index (χ1v) is 8.80. The van der Waals surface area contributed by atoms with Crippen molar-refractivity contribution in [3.8, 4) is 0 Å². The number of benzene rings is 1. The summed E-state index contributed by atoms with van der Waals surface area (Å²) in [5, 5.41) is 2.64. The Bertz CT molecular complexity index is 739. The fraction of sp³-hybridized carbons (Fsp3) is 0.444. The van der Waals surface area contributed by atoms with E-state index in [-0.39, 0.29) is 31.5 Å². The maximum Gasteiger partial charge on any atom is 0.410 e. The number of nitrogens with one attached hydrogen (secondary N) is 1. The number of carbonyl (C=O) groups is 4. The monoisotopic (exact) mass is 374 g/mol. The van der Waals surface area contributed by atoms with Gasteiger partial charge in [0.1, 0.15) is 18.7 Å². The minimum Gasteiger partial charge on any atom is -0.445 e. The van der Waals surface area contributed by atoms with Gasteiger partial charge in [0.25, 0.3) is 0 Å². The summed E-state index contributed by atoms with van der Waals surface area (Å²) in [7, 11) is 0. The van der Waals surface area contributed by atoms with Crippen molar-refractivity contribution in [3.63, 3.8) is 0 Å². The van der Waals surface area contributed by atoms with Crippen LogP contribution in [0.3, 0.4) is 0 Å². The van der Waals surface area contributed by atoms with Crippen LogP contribution in [0, 0.1) is 0 Å². The number of hydrogen-bond acceptors (Lipinski definition) is 5. The molecule has 1 aromatic rings. The molecular formula is C18H22N4O5. The molecule has 9 heteroatoms. The third-order valence-electron chi connectivity index (χ3n) is 4.67. The third-order valence-corrected chi connectivity index (χ3v) is 4.67. The van der Waals surface area contributed by atoms with Crippen molar-refractivity contribution in [1.82, 2.24) is 15.1 Å². The van der Waals surface area contributed by atoms with Gasteiger partial charge in [0.2, 0.25) is 17.7 Å². The van der Waals surface area contributed by atoms with E-state index < -0.39 is 24.1 Å². The van der Waals surface area contributed by atoms with Gasteiger partial charge in [0, 0.05) is 6.54 Å². The first-order chi connectivity index (χ1) is 13.0. The van der Waals surface area contributed by atoms with Crippen molar-refractivity contribution < 1.29 is 23.9 Å². The van der Waals surface area contributed by atoms with E-state index in [1.807, 2.05) is 30.3 Å². The van der Waals surface area contributed by atoms with Crippen LogP contribution in [-0.2, 0) is 25.7 Å². The van der Waals surface area contributed by atoms with E-state index in [0.717, 1.165) is 5.56 Å². The molecule has 9 nitrogen and oxygen atoms in total. The molecule has 0 saturated carbocycles. The summed E-state index contributed by atoms with van der Waals surface area (Å²) in [6.07, 6.45) is 0.648. The van der Waals surface area contributed by atoms with Crippen molar-refractivity contribution in [2.45, 2.75) is 31.5 Å². The second-order valence-electron chi connectivity index (χ2n) is 6.64. The maximum absolute atomic E-state index is 12.5. The van der Waals surface area contributed by atoms with Gasteiger partial charge in [-0.25, -0.2) is 4.79 Å². The van der Waals surface area contributed by atoms with E-state index >= 15 is 0 Å². The fourth-order valence-corrected chi connectivity index (χ4v) is 3.26. The van der Waals surface area contributed by atoms with Gasteiger partial charge in [-0.2, -0.15) is 0 Å². The van der Waals surface area contributed by atoms with Crippen LogP contribution in [0.15, 0.2) is 30.3 Å². The van der Waals surface area contributed by atoms with Gasteiger partial charge >= 0.3 is 6.09 Å². The topological polar surface area (TPSA) is 122 Å². The molecule has 0 unspecified atom stereocenters. The summed E-state index contributed by atoms with van der Waals surface area (Å²) in [6, 6.07) is 7.94. The van der Waals surface area contributed by atoms with E-state index in [1.165, 1.54) is 9.80 Å². The minimum absolute atomic E-state index is 0.133. The number of rotatable bonds is 6. The number of nitrogens with two attached hydrogens (primary N) is 1. The molecule has 4 amide bonds. The molecule has 0 aromatic heterocycles. The van der Waals surface area contributed by atoms with Crippen molar-refractivity contribution in [1.29, 1.82) is 0 Å². The number of likely N-dealkylation sites (tertiary alicyclic amines) is 2. The molecule has 0 spiro atoms. The molecule has 0 radical (unpaired) electrons. The summed E-state index contributed by atoms with van der Waals surface area (Å²) >= 11 is 0. The highest BCUT2D eigenvalue weighted by Gasteiger charge is 2.42. The van der Waals surface area contributed by atoms with Crippen LogP contribution < -0.4 is 11.1 Å². The van der Waals surface area contributed by atoms with Crippen LogP contribution in [0.5, 0.6) is 0 Å². The average Bonchev–Trinajstić information content (AvgIpc) is 3.15. The number of β-lactam (4-membered cyclic amide) rings is 1. The van der Waals surface area contributed by atoms with E-state index in [0.29, 0.717) is 19.4 Å². The van der Waals surface area contributed by atoms with Crippen LogP contribution in [0.4, 0.5) is 4.79 Å². The first kappa shape index (κ1) is 18.7. The average molecular weight is 374 g/mol. The molecule has 144 valence electrons. The van der Waals surface area contributed by atoms with Crippen molar-refractivity contribution in [2.75, 3.05) is 19.6 Å². The maximum atomic E-state index is 12.5. The van der Waals surface area contributed by atoms with Crippen LogP contribution in [0.25, 0.3) is 0 Å². The Morgan fingerprint density at radius 3 is 2.63 bits per heavy atom. The number of amides is 4. The molecular weight excluding hydrogens is 352 g/mol. The zero-order chi connectivity index (χ0) is 19.4. The summed E-state index contributed by atoms with van der Waals surface area (Å²) in [5.74, 6) is -1.34. The molecule has 2 saturated heterocycles. The SMILES string of the molecule is NC(=O)CN1C[C@@H](NC(=O)[C@@H]2CCCN2C(=O)OCc2ccccc2)C1=O. The Morgan fingerprint density at radius 2 is 1.96 bits per heavy atom. The smallest absolute Gasteiger partial charge is 0.410 e. The highest BCUT2D eigenvalue weighted by Crippen LogP contribution is 2.20. The number of carbonyl (C=O) groups excluding carboxylic acids is 4. The number of ether oxygens (including phenoxy) is 1. The second-order valence-corrected chi connectivity index (χ2v) is 6.64. The van der Waals surface area contributed by atoms with E-state index in [2.05, 4.69) is 5.32 Å². The lowest BCUT2D eigenvalue weighted by atomic mass is 10.1. The van der Waals surface area contributed by atoms with Gasteiger partial charge in [-0.15, -0.1) is 0 Å². The van der Waals surface area contributed by atoms with Gasteiger partial charge in [0.05, 0.1) is 13.1 Å². The Morgan fingerprint density at radius 1 is 1.22 bits per heavy atom. The van der Waals surface area contributed by atoms with Crippen molar-refractivity contribution in [2.24, 2.45) is 5.73 Å². The predicted octanol–water partition coefficient (Wildman–Crippen LogP) is -0.400. The van der Waals surface area contributed by atoms with Crippen molar-refractivity contribution >= 4 is 23.8 Å². The summed E-state index contributed by atoms with van der Waals surface area (Å²) in [5.41, 5.74) is 5.92. The number of nitrogens with zero attached hydrogens (tertiary/aromatic N) is 2. The highest BCUT2D eigenvalue weighted by molar-refractivity contribution is 5.96. The third kappa shape index (κ3) is 4.36. The quantitative estimate of drug-likeness (QED) is 0.656. The lowest BCUT2D eigenvalue weighted by Gasteiger charge is -2.38. The standard InChI is InChI=1S/C18H22N4O5/c19-15(23)10-21-9-13(17(21)25)20-16(24)14-7-4-8-22(14)18(26)27-11-12-5-2-1-3-6-12/h1-3,5-6,13-14H,4,7-11H2,(H2,19,23)(H,20,24)/t13-,14+/m1/s1. The molecule has 2 atom stereocenters. The Hall–Kier alpha value is -3.10. The molecule has 1 aromatic carbocycles. The molecule has 0 aliphatic carbocycles. The zero-order valence-electron chi connectivity index (χ0n) is 14.8. The van der Waals surface area contributed by atoms with Crippen LogP contribution in [0.1, 0.15) is 18.4 Å². The molecule has 27 heavy (non-hydrogen) atoms. The molecule has 2 aliphatic rings. The molecule has 2 heterocycles.